The molecule has 0 spiro atoms. The number of nitrogens with zero attached hydrogens (tertiary/aromatic N) is 1. The fourth-order valence-electron chi connectivity index (χ4n) is 2.14. The molecular formula is C14H22N2O. The Hall–Kier alpha value is -1.22. The first-order chi connectivity index (χ1) is 8.22. The summed E-state index contributed by atoms with van der Waals surface area (Å²) in [6.07, 6.45) is 0. The second-order valence-electron chi connectivity index (χ2n) is 5.01. The van der Waals surface area contributed by atoms with E-state index in [4.69, 9.17) is 10.5 Å². The van der Waals surface area contributed by atoms with Crippen LogP contribution in [0.5, 0.6) is 5.75 Å². The van der Waals surface area contributed by atoms with Gasteiger partial charge in [0.05, 0.1) is 5.69 Å². The highest BCUT2D eigenvalue weighted by Gasteiger charge is 2.30. The lowest BCUT2D eigenvalue weighted by molar-refractivity contribution is 0.298. The number of rotatable bonds is 5. The van der Waals surface area contributed by atoms with Gasteiger partial charge in [0.1, 0.15) is 12.4 Å². The minimum absolute atomic E-state index is 0.558. The molecule has 3 nitrogen and oxygen atoms in total. The number of benzene rings is 1. The number of hydrogen-bond acceptors (Lipinski definition) is 3. The van der Waals surface area contributed by atoms with Gasteiger partial charge < -0.3 is 15.4 Å². The van der Waals surface area contributed by atoms with E-state index in [0.29, 0.717) is 13.2 Å². The van der Waals surface area contributed by atoms with Crippen molar-refractivity contribution in [2.45, 2.75) is 13.8 Å². The zero-order valence-electron chi connectivity index (χ0n) is 10.7. The molecule has 2 N–H and O–H groups in total. The minimum atomic E-state index is 0.558. The van der Waals surface area contributed by atoms with Crippen LogP contribution in [0.3, 0.4) is 0 Å². The summed E-state index contributed by atoms with van der Waals surface area (Å²) >= 11 is 0. The summed E-state index contributed by atoms with van der Waals surface area (Å²) in [5, 5.41) is 0. The molecule has 0 unspecified atom stereocenters. The van der Waals surface area contributed by atoms with E-state index in [1.807, 2.05) is 12.1 Å². The van der Waals surface area contributed by atoms with Crippen molar-refractivity contribution in [2.75, 3.05) is 31.1 Å². The van der Waals surface area contributed by atoms with Crippen LogP contribution in [0.25, 0.3) is 0 Å². The molecule has 0 bridgehead atoms. The molecule has 1 aromatic rings. The molecule has 1 aliphatic heterocycles. The lowest BCUT2D eigenvalue weighted by Crippen LogP contribution is -2.49. The van der Waals surface area contributed by atoms with Crippen LogP contribution in [0, 0.1) is 11.8 Å². The van der Waals surface area contributed by atoms with Crippen LogP contribution in [-0.4, -0.2) is 26.2 Å². The van der Waals surface area contributed by atoms with E-state index < -0.39 is 0 Å². The summed E-state index contributed by atoms with van der Waals surface area (Å²) in [7, 11) is 0. The van der Waals surface area contributed by atoms with Gasteiger partial charge in [-0.3, -0.25) is 0 Å². The highest BCUT2D eigenvalue weighted by molar-refractivity contribution is 5.60. The molecule has 1 aliphatic rings. The SMILES string of the molecule is CC(C)C1CN(c2ccccc2OCCN)C1. The number of ether oxygens (including phenoxy) is 1. The van der Waals surface area contributed by atoms with Crippen molar-refractivity contribution >= 4 is 5.69 Å². The van der Waals surface area contributed by atoms with E-state index in [2.05, 4.69) is 30.9 Å². The summed E-state index contributed by atoms with van der Waals surface area (Å²) in [5.41, 5.74) is 6.68. The van der Waals surface area contributed by atoms with Crippen LogP contribution in [-0.2, 0) is 0 Å². The van der Waals surface area contributed by atoms with Crippen molar-refractivity contribution in [3.63, 3.8) is 0 Å². The van der Waals surface area contributed by atoms with Gasteiger partial charge in [-0.1, -0.05) is 26.0 Å². The lowest BCUT2D eigenvalue weighted by atomic mass is 9.88. The first-order valence-electron chi connectivity index (χ1n) is 6.39. The maximum absolute atomic E-state index is 5.67. The standard InChI is InChI=1S/C14H22N2O/c1-11(2)12-9-16(10-12)13-5-3-4-6-14(13)17-8-7-15/h3-6,11-12H,7-10,15H2,1-2H3. The van der Waals surface area contributed by atoms with Gasteiger partial charge >= 0.3 is 0 Å². The quantitative estimate of drug-likeness (QED) is 0.848. The van der Waals surface area contributed by atoms with Crippen molar-refractivity contribution in [1.82, 2.24) is 0 Å². The highest BCUT2D eigenvalue weighted by atomic mass is 16.5. The predicted octanol–water partition coefficient (Wildman–Crippen LogP) is 2.12. The van der Waals surface area contributed by atoms with Crippen LogP contribution in [0.15, 0.2) is 24.3 Å². The highest BCUT2D eigenvalue weighted by Crippen LogP contribution is 2.35. The molecule has 1 saturated heterocycles. The molecule has 0 aromatic heterocycles. The Bertz CT molecular complexity index is 359. The zero-order chi connectivity index (χ0) is 12.3. The maximum Gasteiger partial charge on any atom is 0.142 e. The van der Waals surface area contributed by atoms with Crippen molar-refractivity contribution in [1.29, 1.82) is 0 Å². The monoisotopic (exact) mass is 234 g/mol. The largest absolute Gasteiger partial charge is 0.490 e. The molecule has 3 heteroatoms. The van der Waals surface area contributed by atoms with Gasteiger partial charge in [-0.25, -0.2) is 0 Å². The molecule has 0 radical (unpaired) electrons. The topological polar surface area (TPSA) is 38.5 Å². The Kier molecular flexibility index (Phi) is 3.89. The number of nitrogens with two attached hydrogens (primary N) is 1. The van der Waals surface area contributed by atoms with Gasteiger partial charge in [0.25, 0.3) is 0 Å². The average Bonchev–Trinajstić information content (AvgIpc) is 2.25. The first kappa shape index (κ1) is 12.2. The van der Waals surface area contributed by atoms with Gasteiger partial charge in [-0.2, -0.15) is 0 Å². The molecule has 1 aromatic carbocycles. The summed E-state index contributed by atoms with van der Waals surface area (Å²) in [4.78, 5) is 2.39. The molecule has 0 atom stereocenters. The first-order valence-corrected chi connectivity index (χ1v) is 6.39. The van der Waals surface area contributed by atoms with E-state index in [-0.39, 0.29) is 0 Å². The van der Waals surface area contributed by atoms with E-state index in [1.54, 1.807) is 0 Å². The van der Waals surface area contributed by atoms with E-state index >= 15 is 0 Å². The van der Waals surface area contributed by atoms with E-state index in [0.717, 1.165) is 30.7 Å². The molecule has 0 amide bonds. The minimum Gasteiger partial charge on any atom is -0.490 e. The Labute approximate surface area is 104 Å². The normalized spacial score (nSPS) is 16.1. The number of para-hydroxylation sites is 2. The second-order valence-corrected chi connectivity index (χ2v) is 5.01. The van der Waals surface area contributed by atoms with Crippen molar-refractivity contribution in [3.05, 3.63) is 24.3 Å². The van der Waals surface area contributed by atoms with Crippen LogP contribution < -0.4 is 15.4 Å². The maximum atomic E-state index is 5.67. The van der Waals surface area contributed by atoms with Crippen molar-refractivity contribution in [2.24, 2.45) is 17.6 Å². The van der Waals surface area contributed by atoms with Crippen LogP contribution in [0.1, 0.15) is 13.8 Å². The van der Waals surface area contributed by atoms with Gasteiger partial charge in [-0.15, -0.1) is 0 Å². The molecule has 1 fully saturated rings. The van der Waals surface area contributed by atoms with Gasteiger partial charge in [0.2, 0.25) is 0 Å². The second kappa shape index (κ2) is 5.41. The summed E-state index contributed by atoms with van der Waals surface area (Å²) in [5.74, 6) is 2.54. The van der Waals surface area contributed by atoms with Crippen molar-refractivity contribution in [3.8, 4) is 5.75 Å². The fourth-order valence-corrected chi connectivity index (χ4v) is 2.14. The van der Waals surface area contributed by atoms with Gasteiger partial charge in [-0.05, 0) is 24.0 Å². The molecule has 17 heavy (non-hydrogen) atoms. The van der Waals surface area contributed by atoms with Crippen LogP contribution >= 0.6 is 0 Å². The average molecular weight is 234 g/mol. The zero-order valence-corrected chi connectivity index (χ0v) is 10.7. The van der Waals surface area contributed by atoms with Crippen LogP contribution in [0.2, 0.25) is 0 Å². The molecular weight excluding hydrogens is 212 g/mol. The predicted molar refractivity (Wildman–Crippen MR) is 71.5 cm³/mol. The molecule has 2 rings (SSSR count). The number of anilines is 1. The Balaban J connectivity index is 2.01. The van der Waals surface area contributed by atoms with Gasteiger partial charge in [0.15, 0.2) is 0 Å². The van der Waals surface area contributed by atoms with E-state index in [9.17, 15) is 0 Å². The van der Waals surface area contributed by atoms with Crippen molar-refractivity contribution < 1.29 is 4.74 Å². The molecule has 94 valence electrons. The van der Waals surface area contributed by atoms with Gasteiger partial charge in [0, 0.05) is 19.6 Å². The summed E-state index contributed by atoms with van der Waals surface area (Å²) in [6.45, 7) is 8.00. The molecule has 0 aliphatic carbocycles. The molecule has 0 saturated carbocycles. The summed E-state index contributed by atoms with van der Waals surface area (Å²) in [6, 6.07) is 8.22. The lowest BCUT2D eigenvalue weighted by Gasteiger charge is -2.43. The Morgan fingerprint density at radius 1 is 1.35 bits per heavy atom. The number of hydrogen-bond donors (Lipinski definition) is 1. The summed E-state index contributed by atoms with van der Waals surface area (Å²) < 4.78 is 5.67. The van der Waals surface area contributed by atoms with Crippen LogP contribution in [0.4, 0.5) is 5.69 Å². The fraction of sp³-hybridized carbons (Fsp3) is 0.571. The molecule has 1 heterocycles. The Morgan fingerprint density at radius 2 is 2.06 bits per heavy atom. The van der Waals surface area contributed by atoms with E-state index in [1.165, 1.54) is 5.69 Å². The Morgan fingerprint density at radius 3 is 2.71 bits per heavy atom. The third-order valence-corrected chi connectivity index (χ3v) is 3.43. The third kappa shape index (κ3) is 2.72. The third-order valence-electron chi connectivity index (χ3n) is 3.43. The smallest absolute Gasteiger partial charge is 0.142 e.